The maximum atomic E-state index is 12.8. The van der Waals surface area contributed by atoms with E-state index >= 15 is 0 Å². The minimum atomic E-state index is -0.987. The zero-order chi connectivity index (χ0) is 42.4. The summed E-state index contributed by atoms with van der Waals surface area (Å²) >= 11 is 3.26. The second-order valence-corrected chi connectivity index (χ2v) is 14.5. The first kappa shape index (κ1) is 54.2. The molecule has 2 N–H and O–H groups in total. The molecule has 0 fully saturated rings. The number of allylic oxidation sites excluding steroid dienone is 2. The van der Waals surface area contributed by atoms with Gasteiger partial charge < -0.3 is 29.2 Å². The van der Waals surface area contributed by atoms with Gasteiger partial charge in [0.05, 0.1) is 13.1 Å². The number of halogens is 2. The van der Waals surface area contributed by atoms with Crippen LogP contribution in [0.2, 0.25) is 0 Å². The molecule has 1 unspecified atom stereocenters. The van der Waals surface area contributed by atoms with Crippen molar-refractivity contribution in [3.63, 3.8) is 0 Å². The van der Waals surface area contributed by atoms with E-state index in [9.17, 15) is 28.4 Å². The molecular formula is C41H67BrFN5O6. The summed E-state index contributed by atoms with van der Waals surface area (Å²) in [5, 5.41) is 4.83. The average Bonchev–Trinajstić information content (AvgIpc) is 3.08. The van der Waals surface area contributed by atoms with E-state index in [0.717, 1.165) is 31.8 Å². The van der Waals surface area contributed by atoms with E-state index < -0.39 is 35.1 Å². The number of aryl methyl sites for hydroxylation is 1. The van der Waals surface area contributed by atoms with Crippen LogP contribution in [0.4, 0.5) is 14.9 Å². The van der Waals surface area contributed by atoms with Crippen molar-refractivity contribution in [2.24, 2.45) is 5.92 Å². The molecule has 0 aliphatic carbocycles. The first-order valence-electron chi connectivity index (χ1n) is 18.1. The maximum Gasteiger partial charge on any atom is 0.412 e. The van der Waals surface area contributed by atoms with Crippen molar-refractivity contribution in [3.8, 4) is 0 Å². The summed E-state index contributed by atoms with van der Waals surface area (Å²) < 4.78 is 19.6. The van der Waals surface area contributed by atoms with Gasteiger partial charge in [-0.05, 0) is 116 Å². The summed E-state index contributed by atoms with van der Waals surface area (Å²) in [6.07, 6.45) is 8.46. The van der Waals surface area contributed by atoms with Crippen LogP contribution in [0.1, 0.15) is 92.7 Å². The molecule has 1 aromatic carbocycles. The number of aldehydes is 1. The highest BCUT2D eigenvalue weighted by molar-refractivity contribution is 9.10. The number of carbonyl (C=O) groups excluding carboxylic acids is 4. The van der Waals surface area contributed by atoms with Gasteiger partial charge in [0.1, 0.15) is 29.4 Å². The van der Waals surface area contributed by atoms with Gasteiger partial charge in [-0.3, -0.25) is 19.7 Å². The Kier molecular flexibility index (Phi) is 31.4. The van der Waals surface area contributed by atoms with Gasteiger partial charge in [-0.25, -0.2) is 9.18 Å². The Morgan fingerprint density at radius 2 is 1.63 bits per heavy atom. The molecule has 1 aromatic heterocycles. The summed E-state index contributed by atoms with van der Waals surface area (Å²) in [6, 6.07) is 6.52. The number of ether oxygens (including phenoxy) is 1. The van der Waals surface area contributed by atoms with Crippen molar-refractivity contribution in [3.05, 3.63) is 88.0 Å². The van der Waals surface area contributed by atoms with Crippen molar-refractivity contribution >= 4 is 45.8 Å². The van der Waals surface area contributed by atoms with Crippen molar-refractivity contribution in [2.45, 2.75) is 99.6 Å². The molecule has 11 nitrogen and oxygen atoms in total. The number of hydrogen-bond acceptors (Lipinski definition) is 7. The third kappa shape index (κ3) is 28.4. The van der Waals surface area contributed by atoms with E-state index in [-0.39, 0.29) is 31.0 Å². The number of benzene rings is 1. The van der Waals surface area contributed by atoms with E-state index in [2.05, 4.69) is 79.5 Å². The number of unbranched alkanes of at least 4 members (excludes halogenated alkanes) is 2. The van der Waals surface area contributed by atoms with Crippen LogP contribution in [0.25, 0.3) is 0 Å². The number of nitrogens with one attached hydrogen (secondary N) is 2. The predicted molar refractivity (Wildman–Crippen MR) is 224 cm³/mol. The topological polar surface area (TPSA) is 130 Å². The largest absolute Gasteiger partial charge is 0.444 e. The highest BCUT2D eigenvalue weighted by Crippen LogP contribution is 2.16. The van der Waals surface area contributed by atoms with Crippen molar-refractivity contribution in [2.75, 3.05) is 46.1 Å². The van der Waals surface area contributed by atoms with Crippen LogP contribution >= 0.6 is 15.9 Å². The number of rotatable bonds is 14. The Labute approximate surface area is 332 Å². The Bertz CT molecular complexity index is 1450. The number of likely N-dealkylation sites (N-methyl/N-ethyl adjacent to an activating group) is 1. The summed E-state index contributed by atoms with van der Waals surface area (Å²) in [6.45, 7) is 25.5. The summed E-state index contributed by atoms with van der Waals surface area (Å²) in [5.74, 6) is -0.393. The monoisotopic (exact) mass is 823 g/mol. The molecule has 0 radical (unpaired) electrons. The molecule has 2 rings (SSSR count). The normalized spacial score (nSPS) is 10.6. The van der Waals surface area contributed by atoms with Crippen LogP contribution in [0.5, 0.6) is 0 Å². The van der Waals surface area contributed by atoms with Gasteiger partial charge in [0.2, 0.25) is 11.8 Å². The number of amides is 3. The van der Waals surface area contributed by atoms with Crippen molar-refractivity contribution < 1.29 is 28.3 Å². The molecule has 0 bridgehead atoms. The zero-order valence-electron chi connectivity index (χ0n) is 34.8. The minimum absolute atomic E-state index is 0.0598. The molecule has 0 saturated heterocycles. The van der Waals surface area contributed by atoms with E-state index in [0.29, 0.717) is 6.29 Å². The lowest BCUT2D eigenvalue weighted by Gasteiger charge is -2.21. The third-order valence-corrected chi connectivity index (χ3v) is 7.10. The Hall–Kier alpha value is -4.10. The first-order valence-corrected chi connectivity index (χ1v) is 18.9. The lowest BCUT2D eigenvalue weighted by atomic mass is 10.1. The smallest absolute Gasteiger partial charge is 0.412 e. The van der Waals surface area contributed by atoms with Gasteiger partial charge >= 0.3 is 6.09 Å². The van der Waals surface area contributed by atoms with E-state index in [1.165, 1.54) is 63.0 Å². The fourth-order valence-electron chi connectivity index (χ4n) is 3.72. The molecule has 0 aliphatic heterocycles. The third-order valence-electron chi connectivity index (χ3n) is 6.21. The number of anilines is 1. The lowest BCUT2D eigenvalue weighted by molar-refractivity contribution is -0.133. The van der Waals surface area contributed by atoms with Crippen LogP contribution in [-0.2, 0) is 19.1 Å². The number of carbonyl (C=O) groups is 4. The standard InChI is InChI=1S/C20H28N4O6.C8H17N.C7H6BrF.C4H10.C2H6/c1-6-8-15(17(27)21-13-16(26)23(5)11-12-25)24-10-7-9-14(18(24)28)22-19(29)30-20(2,3)4;1-4-5-6-7-8-9(2)3;1-5-4-6(9)2-3-7(5)8;1-4(2)3;1-2/h6-7,9-10,12,15H,1,8,11,13H2,2-5H3,(H,21,27)(H,22,29);4H,1,5-8H2,2-3H3;2-4H,1H3;4H,1-3H3;1-2H3. The predicted octanol–water partition coefficient (Wildman–Crippen LogP) is 8.58. The number of pyridine rings is 1. The van der Waals surface area contributed by atoms with Gasteiger partial charge in [0.25, 0.3) is 5.56 Å². The van der Waals surface area contributed by atoms with Crippen LogP contribution in [0.3, 0.4) is 0 Å². The van der Waals surface area contributed by atoms with Crippen LogP contribution in [0, 0.1) is 18.7 Å². The summed E-state index contributed by atoms with van der Waals surface area (Å²) in [7, 11) is 5.64. The fraction of sp³-hybridized carbons (Fsp3) is 0.537. The van der Waals surface area contributed by atoms with Gasteiger partial charge in [-0.2, -0.15) is 0 Å². The average molecular weight is 825 g/mol. The molecule has 306 valence electrons. The summed E-state index contributed by atoms with van der Waals surface area (Å²) in [5.41, 5.74) is -0.493. The molecule has 0 saturated carbocycles. The van der Waals surface area contributed by atoms with Gasteiger partial charge in [0.15, 0.2) is 0 Å². The number of aromatic nitrogens is 1. The number of nitrogens with zero attached hydrogens (tertiary/aromatic N) is 3. The Morgan fingerprint density at radius 1 is 1.04 bits per heavy atom. The lowest BCUT2D eigenvalue weighted by Crippen LogP contribution is -2.43. The first-order chi connectivity index (χ1) is 25.2. The van der Waals surface area contributed by atoms with Gasteiger partial charge in [0, 0.05) is 17.7 Å². The minimum Gasteiger partial charge on any atom is -0.444 e. The molecule has 13 heteroatoms. The second kappa shape index (κ2) is 31.3. The van der Waals surface area contributed by atoms with Crippen molar-refractivity contribution in [1.82, 2.24) is 19.7 Å². The van der Waals surface area contributed by atoms with E-state index in [1.54, 1.807) is 26.8 Å². The highest BCUT2D eigenvalue weighted by atomic mass is 79.9. The number of hydrogen-bond donors (Lipinski definition) is 2. The fourth-order valence-corrected chi connectivity index (χ4v) is 3.97. The molecule has 0 aliphatic rings. The van der Waals surface area contributed by atoms with Gasteiger partial charge in [-0.15, -0.1) is 13.2 Å². The molecule has 3 amide bonds. The SMILES string of the molecule is C=CCC(C(=O)NCC(=O)N(C)CC=O)n1cccc(NC(=O)OC(C)(C)C)c1=O.C=CCCCCN(C)C.CC.CC(C)C.Cc1cc(F)ccc1Br. The molecular weight excluding hydrogens is 757 g/mol. The highest BCUT2D eigenvalue weighted by Gasteiger charge is 2.23. The quantitative estimate of drug-likeness (QED) is 0.111. The molecule has 1 atom stereocenters. The van der Waals surface area contributed by atoms with Crippen LogP contribution in [-0.4, -0.2) is 84.9 Å². The Morgan fingerprint density at radius 3 is 2.09 bits per heavy atom. The van der Waals surface area contributed by atoms with Crippen LogP contribution < -0.4 is 16.2 Å². The maximum absolute atomic E-state index is 12.8. The summed E-state index contributed by atoms with van der Waals surface area (Å²) in [4.78, 5) is 63.2. The second-order valence-electron chi connectivity index (χ2n) is 13.7. The molecule has 54 heavy (non-hydrogen) atoms. The molecule has 0 spiro atoms. The Balaban J connectivity index is -0.000000871. The van der Waals surface area contributed by atoms with Gasteiger partial charge in [-0.1, -0.05) is 62.7 Å². The molecule has 2 aromatic rings. The van der Waals surface area contributed by atoms with E-state index in [1.807, 2.05) is 26.8 Å². The van der Waals surface area contributed by atoms with Crippen LogP contribution in [0.15, 0.2) is 71.1 Å². The zero-order valence-corrected chi connectivity index (χ0v) is 36.3. The van der Waals surface area contributed by atoms with E-state index in [4.69, 9.17) is 4.74 Å². The van der Waals surface area contributed by atoms with Crippen molar-refractivity contribution in [1.29, 1.82) is 0 Å². The molecule has 1 heterocycles.